The lowest BCUT2D eigenvalue weighted by Crippen LogP contribution is -2.49. The smallest absolute Gasteiger partial charge is 0.323 e. The predicted molar refractivity (Wildman–Crippen MR) is 69.0 cm³/mol. The van der Waals surface area contributed by atoms with Gasteiger partial charge in [0.15, 0.2) is 5.25 Å². The van der Waals surface area contributed by atoms with Crippen LogP contribution in [0.25, 0.3) is 0 Å². The van der Waals surface area contributed by atoms with Crippen molar-refractivity contribution in [3.05, 3.63) is 0 Å². The van der Waals surface area contributed by atoms with Crippen molar-refractivity contribution in [1.29, 1.82) is 0 Å². The van der Waals surface area contributed by atoms with Crippen LogP contribution in [0, 0.1) is 0 Å². The number of nitrogens with one attached hydrogen (secondary N) is 1. The first-order valence-electron chi connectivity index (χ1n) is 6.30. The molecule has 1 atom stereocenters. The Hall–Kier alpha value is -1.15. The van der Waals surface area contributed by atoms with E-state index in [4.69, 9.17) is 5.11 Å². The van der Waals surface area contributed by atoms with Gasteiger partial charge in [-0.3, -0.25) is 9.59 Å². The van der Waals surface area contributed by atoms with E-state index in [0.717, 1.165) is 0 Å². The minimum absolute atomic E-state index is 0.0287. The van der Waals surface area contributed by atoms with Gasteiger partial charge in [-0.2, -0.15) is 0 Å². The Morgan fingerprint density at radius 3 is 2.32 bits per heavy atom. The fourth-order valence-electron chi connectivity index (χ4n) is 1.94. The molecule has 1 aliphatic rings. The summed E-state index contributed by atoms with van der Waals surface area (Å²) >= 11 is 0. The molecule has 0 radical (unpaired) electrons. The van der Waals surface area contributed by atoms with Crippen LogP contribution in [-0.2, 0) is 19.6 Å². The summed E-state index contributed by atoms with van der Waals surface area (Å²) in [5.41, 5.74) is 0. The first-order chi connectivity index (χ1) is 8.78. The van der Waals surface area contributed by atoms with Crippen LogP contribution < -0.4 is 5.32 Å². The summed E-state index contributed by atoms with van der Waals surface area (Å²) in [6, 6.07) is -0.0287. The summed E-state index contributed by atoms with van der Waals surface area (Å²) < 4.78 is 25.1. The van der Waals surface area contributed by atoms with Gasteiger partial charge in [-0.1, -0.05) is 6.92 Å². The van der Waals surface area contributed by atoms with E-state index < -0.39 is 21.2 Å². The molecule has 1 aliphatic heterocycles. The van der Waals surface area contributed by atoms with E-state index in [1.807, 2.05) is 0 Å². The van der Waals surface area contributed by atoms with E-state index in [1.54, 1.807) is 6.92 Å². The Morgan fingerprint density at radius 1 is 1.37 bits per heavy atom. The zero-order valence-corrected chi connectivity index (χ0v) is 11.9. The van der Waals surface area contributed by atoms with Crippen molar-refractivity contribution < 1.29 is 23.1 Å². The number of carbonyl (C=O) groups is 2. The maximum absolute atomic E-state index is 12.0. The average Bonchev–Trinajstić information content (AvgIpc) is 2.38. The molecule has 19 heavy (non-hydrogen) atoms. The van der Waals surface area contributed by atoms with Crippen molar-refractivity contribution in [3.8, 4) is 0 Å². The third-order valence-corrected chi connectivity index (χ3v) is 5.47. The maximum atomic E-state index is 12.0. The topological polar surface area (TPSA) is 104 Å². The predicted octanol–water partition coefficient (Wildman–Crippen LogP) is -0.220. The second kappa shape index (κ2) is 6.33. The Kier molecular flexibility index (Phi) is 5.30. The van der Waals surface area contributed by atoms with Crippen LogP contribution in [0.15, 0.2) is 0 Å². The van der Waals surface area contributed by atoms with Crippen molar-refractivity contribution in [2.24, 2.45) is 0 Å². The number of sulfonamides is 1. The number of rotatable bonds is 5. The van der Waals surface area contributed by atoms with Gasteiger partial charge < -0.3 is 10.4 Å². The van der Waals surface area contributed by atoms with Crippen LogP contribution in [0.4, 0.5) is 0 Å². The van der Waals surface area contributed by atoms with Crippen molar-refractivity contribution in [3.63, 3.8) is 0 Å². The quantitative estimate of drug-likeness (QED) is 0.729. The number of carboxylic acid groups (broad SMARTS) is 1. The van der Waals surface area contributed by atoms with E-state index in [0.29, 0.717) is 19.3 Å². The molecule has 0 spiro atoms. The Morgan fingerprint density at radius 2 is 1.89 bits per heavy atom. The molecule has 1 amide bonds. The number of aliphatic carboxylic acids is 1. The molecule has 0 aromatic carbocycles. The molecule has 1 fully saturated rings. The summed E-state index contributed by atoms with van der Waals surface area (Å²) in [6.07, 6.45) is 1.42. The molecule has 1 rings (SSSR count). The largest absolute Gasteiger partial charge is 0.480 e. The summed E-state index contributed by atoms with van der Waals surface area (Å²) in [7, 11) is -3.80. The zero-order chi connectivity index (χ0) is 14.6. The lowest BCUT2D eigenvalue weighted by molar-refractivity contribution is -0.136. The van der Waals surface area contributed by atoms with Gasteiger partial charge in [0.25, 0.3) is 0 Å². The van der Waals surface area contributed by atoms with Crippen LogP contribution in [-0.4, -0.2) is 54.1 Å². The molecule has 7 nitrogen and oxygen atoms in total. The molecule has 0 aromatic rings. The Bertz CT molecular complexity index is 440. The Balaban J connectivity index is 2.59. The van der Waals surface area contributed by atoms with Crippen LogP contribution in [0.1, 0.15) is 33.1 Å². The number of hydrogen-bond acceptors (Lipinski definition) is 4. The average molecular weight is 292 g/mol. The zero-order valence-electron chi connectivity index (χ0n) is 11.1. The van der Waals surface area contributed by atoms with Gasteiger partial charge in [0.05, 0.1) is 0 Å². The SMILES string of the molecule is CCC(=O)NC1CCN(S(=O)(=O)C(C)C(=O)O)CC1. The van der Waals surface area contributed by atoms with Crippen LogP contribution in [0.2, 0.25) is 0 Å². The summed E-state index contributed by atoms with van der Waals surface area (Å²) in [4.78, 5) is 22.0. The van der Waals surface area contributed by atoms with Gasteiger partial charge in [-0.15, -0.1) is 0 Å². The van der Waals surface area contributed by atoms with E-state index in [1.165, 1.54) is 11.2 Å². The van der Waals surface area contributed by atoms with Crippen molar-refractivity contribution in [2.75, 3.05) is 13.1 Å². The van der Waals surface area contributed by atoms with Crippen molar-refractivity contribution >= 4 is 21.9 Å². The molecular weight excluding hydrogens is 272 g/mol. The molecule has 1 heterocycles. The number of nitrogens with zero attached hydrogens (tertiary/aromatic N) is 1. The van der Waals surface area contributed by atoms with E-state index in [-0.39, 0.29) is 25.0 Å². The van der Waals surface area contributed by atoms with Gasteiger partial charge in [0.2, 0.25) is 15.9 Å². The summed E-state index contributed by atoms with van der Waals surface area (Å²) in [5, 5.41) is 10.2. The monoisotopic (exact) mass is 292 g/mol. The first kappa shape index (κ1) is 15.9. The van der Waals surface area contributed by atoms with Crippen molar-refractivity contribution in [2.45, 2.75) is 44.4 Å². The first-order valence-corrected chi connectivity index (χ1v) is 7.80. The van der Waals surface area contributed by atoms with Gasteiger partial charge in [0.1, 0.15) is 0 Å². The lowest BCUT2D eigenvalue weighted by Gasteiger charge is -2.32. The second-order valence-corrected chi connectivity index (χ2v) is 6.87. The van der Waals surface area contributed by atoms with Crippen molar-refractivity contribution in [1.82, 2.24) is 9.62 Å². The minimum atomic E-state index is -3.80. The van der Waals surface area contributed by atoms with Crippen LogP contribution in [0.5, 0.6) is 0 Å². The highest BCUT2D eigenvalue weighted by Crippen LogP contribution is 2.17. The van der Waals surface area contributed by atoms with E-state index in [9.17, 15) is 18.0 Å². The molecule has 1 unspecified atom stereocenters. The molecule has 0 saturated carbocycles. The highest BCUT2D eigenvalue weighted by atomic mass is 32.2. The number of piperidine rings is 1. The molecule has 8 heteroatoms. The summed E-state index contributed by atoms with van der Waals surface area (Å²) in [6.45, 7) is 3.41. The molecule has 0 bridgehead atoms. The number of carbonyl (C=O) groups excluding carboxylic acids is 1. The second-order valence-electron chi connectivity index (χ2n) is 4.62. The van der Waals surface area contributed by atoms with Gasteiger partial charge >= 0.3 is 5.97 Å². The number of amides is 1. The lowest BCUT2D eigenvalue weighted by atomic mass is 10.1. The fraction of sp³-hybridized carbons (Fsp3) is 0.818. The highest BCUT2D eigenvalue weighted by Gasteiger charge is 2.36. The maximum Gasteiger partial charge on any atom is 0.323 e. The number of carboxylic acids is 1. The molecule has 0 aromatic heterocycles. The van der Waals surface area contributed by atoms with E-state index in [2.05, 4.69) is 5.32 Å². The molecule has 110 valence electrons. The highest BCUT2D eigenvalue weighted by molar-refractivity contribution is 7.90. The third-order valence-electron chi connectivity index (χ3n) is 3.29. The molecule has 2 N–H and O–H groups in total. The fourth-order valence-corrected chi connectivity index (χ4v) is 3.36. The Labute approximate surface area is 113 Å². The molecule has 1 saturated heterocycles. The van der Waals surface area contributed by atoms with Crippen LogP contribution in [0.3, 0.4) is 0 Å². The normalized spacial score (nSPS) is 19.9. The van der Waals surface area contributed by atoms with Gasteiger partial charge in [-0.05, 0) is 19.8 Å². The molecular formula is C11H20N2O5S. The minimum Gasteiger partial charge on any atom is -0.480 e. The third kappa shape index (κ3) is 3.90. The summed E-state index contributed by atoms with van der Waals surface area (Å²) in [5.74, 6) is -1.40. The van der Waals surface area contributed by atoms with Gasteiger partial charge in [0, 0.05) is 25.6 Å². The number of hydrogen-bond donors (Lipinski definition) is 2. The standard InChI is InChI=1S/C11H20N2O5S/c1-3-10(14)12-9-4-6-13(7-5-9)19(17,18)8(2)11(15)16/h8-9H,3-7H2,1-2H3,(H,12,14)(H,15,16). The van der Waals surface area contributed by atoms with E-state index >= 15 is 0 Å². The van der Waals surface area contributed by atoms with Crippen LogP contribution >= 0.6 is 0 Å². The van der Waals surface area contributed by atoms with Gasteiger partial charge in [-0.25, -0.2) is 12.7 Å². The molecule has 0 aliphatic carbocycles.